The molecule has 4 heteroatoms. The van der Waals surface area contributed by atoms with Crippen LogP contribution in [0.2, 0.25) is 0 Å². The molecule has 2 heterocycles. The van der Waals surface area contributed by atoms with Crippen molar-refractivity contribution in [3.05, 3.63) is 59.9 Å². The molecule has 1 atom stereocenters. The third-order valence-corrected chi connectivity index (χ3v) is 4.21. The number of nitrogens with zero attached hydrogens (tertiary/aromatic N) is 2. The molecule has 0 fully saturated rings. The van der Waals surface area contributed by atoms with Crippen LogP contribution < -0.4 is 0 Å². The van der Waals surface area contributed by atoms with Gasteiger partial charge in [-0.15, -0.1) is 0 Å². The number of ether oxygens (including phenoxy) is 1. The predicted molar refractivity (Wildman–Crippen MR) is 85.2 cm³/mol. The average molecular weight is 294 g/mol. The largest absolute Gasteiger partial charge is 0.461 e. The lowest BCUT2D eigenvalue weighted by Gasteiger charge is -2.25. The number of rotatable bonds is 4. The van der Waals surface area contributed by atoms with Crippen LogP contribution in [0, 0.1) is 0 Å². The maximum Gasteiger partial charge on any atom is 0.307 e. The van der Waals surface area contributed by atoms with Gasteiger partial charge in [0.15, 0.2) is 0 Å². The van der Waals surface area contributed by atoms with Gasteiger partial charge in [-0.3, -0.25) is 14.8 Å². The highest BCUT2D eigenvalue weighted by molar-refractivity contribution is 6.02. The number of benzene rings is 1. The second-order valence-electron chi connectivity index (χ2n) is 5.75. The molecule has 1 aliphatic heterocycles. The molecule has 22 heavy (non-hydrogen) atoms. The van der Waals surface area contributed by atoms with Crippen LogP contribution in [0.4, 0.5) is 5.69 Å². The second-order valence-corrected chi connectivity index (χ2v) is 5.75. The third kappa shape index (κ3) is 2.64. The van der Waals surface area contributed by atoms with Crippen LogP contribution in [-0.2, 0) is 21.6 Å². The summed E-state index contributed by atoms with van der Waals surface area (Å²) in [6, 6.07) is 11.7. The second kappa shape index (κ2) is 5.72. The van der Waals surface area contributed by atoms with Crippen LogP contribution in [0.25, 0.3) is 0 Å². The van der Waals surface area contributed by atoms with E-state index >= 15 is 0 Å². The van der Waals surface area contributed by atoms with E-state index in [-0.39, 0.29) is 18.0 Å². The minimum absolute atomic E-state index is 0.224. The van der Waals surface area contributed by atoms with Gasteiger partial charge >= 0.3 is 5.97 Å². The van der Waals surface area contributed by atoms with Crippen molar-refractivity contribution in [3.63, 3.8) is 0 Å². The topological polar surface area (TPSA) is 51.5 Å². The Morgan fingerprint density at radius 3 is 2.82 bits per heavy atom. The first kappa shape index (κ1) is 14.4. The fraction of sp³-hybridized carbons (Fsp3) is 0.278. The van der Waals surface area contributed by atoms with E-state index in [1.165, 1.54) is 0 Å². The van der Waals surface area contributed by atoms with Crippen molar-refractivity contribution in [2.45, 2.75) is 32.3 Å². The number of aromatic nitrogens is 1. The summed E-state index contributed by atoms with van der Waals surface area (Å²) in [4.78, 5) is 20.8. The van der Waals surface area contributed by atoms with Crippen molar-refractivity contribution in [1.82, 2.24) is 4.98 Å². The lowest BCUT2D eigenvalue weighted by atomic mass is 9.77. The van der Waals surface area contributed by atoms with E-state index in [0.29, 0.717) is 6.42 Å². The molecular formula is C18H18N2O2. The van der Waals surface area contributed by atoms with Gasteiger partial charge in [-0.05, 0) is 31.5 Å². The molecular weight excluding hydrogens is 276 g/mol. The van der Waals surface area contributed by atoms with Gasteiger partial charge in [0, 0.05) is 29.1 Å². The van der Waals surface area contributed by atoms with E-state index in [0.717, 1.165) is 22.5 Å². The molecule has 0 amide bonds. The standard InChI is InChI=1S/C18H18N2O2/c1-13-18(2,15-7-3-4-8-16(15)20-13)10-17(21)22-12-14-6-5-9-19-11-14/h3-9,11H,10,12H2,1-2H3. The van der Waals surface area contributed by atoms with Crippen LogP contribution in [0.5, 0.6) is 0 Å². The Morgan fingerprint density at radius 1 is 1.23 bits per heavy atom. The average Bonchev–Trinajstić information content (AvgIpc) is 2.78. The third-order valence-electron chi connectivity index (χ3n) is 4.21. The SMILES string of the molecule is CC1=Nc2ccccc2C1(C)CC(=O)OCc1cccnc1. The van der Waals surface area contributed by atoms with Gasteiger partial charge in [-0.2, -0.15) is 0 Å². The smallest absolute Gasteiger partial charge is 0.307 e. The molecule has 1 aliphatic rings. The van der Waals surface area contributed by atoms with Gasteiger partial charge in [-0.1, -0.05) is 24.3 Å². The van der Waals surface area contributed by atoms with E-state index < -0.39 is 0 Å². The summed E-state index contributed by atoms with van der Waals surface area (Å²) in [6.07, 6.45) is 3.69. The number of pyridine rings is 1. The predicted octanol–water partition coefficient (Wildman–Crippen LogP) is 3.58. The van der Waals surface area contributed by atoms with Crippen LogP contribution in [0.3, 0.4) is 0 Å². The quantitative estimate of drug-likeness (QED) is 0.810. The number of aliphatic imine (C=N–C) groups is 1. The molecule has 0 bridgehead atoms. The molecule has 112 valence electrons. The molecule has 2 aromatic rings. The van der Waals surface area contributed by atoms with Crippen LogP contribution in [-0.4, -0.2) is 16.7 Å². The Kier molecular flexibility index (Phi) is 3.75. The van der Waals surface area contributed by atoms with Crippen LogP contribution in [0.15, 0.2) is 53.8 Å². The zero-order chi connectivity index (χ0) is 15.6. The summed E-state index contributed by atoms with van der Waals surface area (Å²) < 4.78 is 5.38. The molecule has 0 saturated carbocycles. The lowest BCUT2D eigenvalue weighted by molar-refractivity contribution is -0.145. The zero-order valence-corrected chi connectivity index (χ0v) is 12.7. The van der Waals surface area contributed by atoms with Crippen LogP contribution >= 0.6 is 0 Å². The Balaban J connectivity index is 1.70. The number of carbonyl (C=O) groups excluding carboxylic acids is 1. The lowest BCUT2D eigenvalue weighted by Crippen LogP contribution is -2.31. The normalized spacial score (nSPS) is 19.5. The number of hydrogen-bond donors (Lipinski definition) is 0. The summed E-state index contributed by atoms with van der Waals surface area (Å²) in [5.74, 6) is -0.224. The molecule has 0 spiro atoms. The van der Waals surface area contributed by atoms with Crippen molar-refractivity contribution >= 4 is 17.4 Å². The molecule has 1 aromatic heterocycles. The van der Waals surface area contributed by atoms with E-state index in [1.807, 2.05) is 50.2 Å². The zero-order valence-electron chi connectivity index (χ0n) is 12.7. The van der Waals surface area contributed by atoms with Gasteiger partial charge in [0.2, 0.25) is 0 Å². The first-order chi connectivity index (χ1) is 10.6. The summed E-state index contributed by atoms with van der Waals surface area (Å²) in [7, 11) is 0. The van der Waals surface area contributed by atoms with E-state index in [9.17, 15) is 4.79 Å². The molecule has 0 aliphatic carbocycles. The molecule has 1 unspecified atom stereocenters. The van der Waals surface area contributed by atoms with Gasteiger partial charge in [0.25, 0.3) is 0 Å². The van der Waals surface area contributed by atoms with E-state index in [4.69, 9.17) is 4.74 Å². The summed E-state index contributed by atoms with van der Waals surface area (Å²) in [5.41, 5.74) is 3.49. The first-order valence-corrected chi connectivity index (χ1v) is 7.29. The molecule has 0 radical (unpaired) electrons. The van der Waals surface area contributed by atoms with Crippen molar-refractivity contribution in [2.24, 2.45) is 4.99 Å². The van der Waals surface area contributed by atoms with E-state index in [1.54, 1.807) is 12.4 Å². The number of para-hydroxylation sites is 1. The summed E-state index contributed by atoms with van der Waals surface area (Å²) in [6.45, 7) is 4.26. The van der Waals surface area contributed by atoms with Gasteiger partial charge in [-0.25, -0.2) is 0 Å². The number of fused-ring (bicyclic) bond motifs is 1. The van der Waals surface area contributed by atoms with Gasteiger partial charge < -0.3 is 4.74 Å². The number of carbonyl (C=O) groups is 1. The van der Waals surface area contributed by atoms with E-state index in [2.05, 4.69) is 9.98 Å². The van der Waals surface area contributed by atoms with Crippen molar-refractivity contribution in [2.75, 3.05) is 0 Å². The maximum atomic E-state index is 12.2. The highest BCUT2D eigenvalue weighted by Crippen LogP contribution is 2.42. The Hall–Kier alpha value is -2.49. The van der Waals surface area contributed by atoms with Crippen molar-refractivity contribution in [1.29, 1.82) is 0 Å². The summed E-state index contributed by atoms with van der Waals surface area (Å²) >= 11 is 0. The Bertz CT molecular complexity index is 725. The minimum atomic E-state index is -0.386. The minimum Gasteiger partial charge on any atom is -0.461 e. The number of hydrogen-bond acceptors (Lipinski definition) is 4. The van der Waals surface area contributed by atoms with Crippen molar-refractivity contribution in [3.8, 4) is 0 Å². The highest BCUT2D eigenvalue weighted by Gasteiger charge is 2.39. The fourth-order valence-corrected chi connectivity index (χ4v) is 2.75. The molecule has 1 aromatic carbocycles. The van der Waals surface area contributed by atoms with Crippen molar-refractivity contribution < 1.29 is 9.53 Å². The Labute approximate surface area is 129 Å². The van der Waals surface area contributed by atoms with Crippen LogP contribution in [0.1, 0.15) is 31.4 Å². The van der Waals surface area contributed by atoms with Gasteiger partial charge in [0.1, 0.15) is 6.61 Å². The Morgan fingerprint density at radius 2 is 2.05 bits per heavy atom. The monoisotopic (exact) mass is 294 g/mol. The molecule has 3 rings (SSSR count). The fourth-order valence-electron chi connectivity index (χ4n) is 2.75. The maximum absolute atomic E-state index is 12.2. The summed E-state index contributed by atoms with van der Waals surface area (Å²) in [5, 5.41) is 0. The molecule has 0 N–H and O–H groups in total. The number of esters is 1. The first-order valence-electron chi connectivity index (χ1n) is 7.29. The highest BCUT2D eigenvalue weighted by atomic mass is 16.5. The van der Waals surface area contributed by atoms with Gasteiger partial charge in [0.05, 0.1) is 12.1 Å². The molecule has 0 saturated heterocycles. The molecule has 4 nitrogen and oxygen atoms in total.